The van der Waals surface area contributed by atoms with Crippen molar-refractivity contribution in [2.45, 2.75) is 19.9 Å². The van der Waals surface area contributed by atoms with Crippen LogP contribution < -0.4 is 19.7 Å². The van der Waals surface area contributed by atoms with Crippen LogP contribution in [-0.2, 0) is 13.0 Å². The lowest BCUT2D eigenvalue weighted by molar-refractivity contribution is 0.171. The maximum atomic E-state index is 5.69. The lowest BCUT2D eigenvalue weighted by atomic mass is 10.0. The Balaban J connectivity index is 1.43. The summed E-state index contributed by atoms with van der Waals surface area (Å²) in [5.74, 6) is 2.40. The smallest absolute Gasteiger partial charge is 0.163 e. The number of hydrogen-bond acceptors (Lipinski definition) is 6. The third kappa shape index (κ3) is 3.22. The van der Waals surface area contributed by atoms with Crippen LogP contribution in [0.15, 0.2) is 48.8 Å². The first-order chi connectivity index (χ1) is 13.8. The Morgan fingerprint density at radius 1 is 1.00 bits per heavy atom. The molecule has 1 N–H and O–H groups in total. The molecule has 0 fully saturated rings. The first-order valence-electron chi connectivity index (χ1n) is 9.57. The SMILES string of the molecule is Cc1cccc(N2CCc3ncnc(Nc4ccc5c(c4)OCCO5)c3C2)c1. The fourth-order valence-electron chi connectivity index (χ4n) is 3.75. The van der Waals surface area contributed by atoms with Gasteiger partial charge in [-0.25, -0.2) is 9.97 Å². The number of ether oxygens (including phenoxy) is 2. The number of rotatable bonds is 3. The van der Waals surface area contributed by atoms with Crippen LogP contribution in [0.4, 0.5) is 17.2 Å². The zero-order chi connectivity index (χ0) is 18.9. The Morgan fingerprint density at radius 2 is 1.89 bits per heavy atom. The molecule has 0 bridgehead atoms. The highest BCUT2D eigenvalue weighted by atomic mass is 16.6. The number of nitrogens with zero attached hydrogens (tertiary/aromatic N) is 3. The largest absolute Gasteiger partial charge is 0.486 e. The summed E-state index contributed by atoms with van der Waals surface area (Å²) in [6, 6.07) is 14.5. The Labute approximate surface area is 164 Å². The highest BCUT2D eigenvalue weighted by molar-refractivity contribution is 5.65. The van der Waals surface area contributed by atoms with Crippen LogP contribution in [0.3, 0.4) is 0 Å². The monoisotopic (exact) mass is 374 g/mol. The molecule has 0 atom stereocenters. The van der Waals surface area contributed by atoms with Crippen molar-refractivity contribution < 1.29 is 9.47 Å². The molecule has 1 aromatic heterocycles. The van der Waals surface area contributed by atoms with Crippen molar-refractivity contribution in [3.05, 3.63) is 65.6 Å². The van der Waals surface area contributed by atoms with Gasteiger partial charge in [0.25, 0.3) is 0 Å². The van der Waals surface area contributed by atoms with Crippen LogP contribution in [0.25, 0.3) is 0 Å². The van der Waals surface area contributed by atoms with Crippen molar-refractivity contribution in [3.63, 3.8) is 0 Å². The van der Waals surface area contributed by atoms with Gasteiger partial charge in [0.1, 0.15) is 25.4 Å². The van der Waals surface area contributed by atoms with Gasteiger partial charge in [0.2, 0.25) is 0 Å². The first-order valence-corrected chi connectivity index (χ1v) is 9.57. The highest BCUT2D eigenvalue weighted by Gasteiger charge is 2.22. The summed E-state index contributed by atoms with van der Waals surface area (Å²) in [6.45, 7) is 5.03. The Morgan fingerprint density at radius 3 is 2.79 bits per heavy atom. The lowest BCUT2D eigenvalue weighted by Crippen LogP contribution is -2.31. The molecule has 0 saturated heterocycles. The van der Waals surface area contributed by atoms with Crippen molar-refractivity contribution in [1.82, 2.24) is 9.97 Å². The summed E-state index contributed by atoms with van der Waals surface area (Å²) in [4.78, 5) is 11.4. The van der Waals surface area contributed by atoms with Crippen molar-refractivity contribution in [2.24, 2.45) is 0 Å². The first kappa shape index (κ1) is 16.9. The molecule has 0 saturated carbocycles. The molecule has 2 aliphatic heterocycles. The minimum atomic E-state index is 0.574. The van der Waals surface area contributed by atoms with Crippen LogP contribution in [0.1, 0.15) is 16.8 Å². The number of nitrogens with one attached hydrogen (secondary N) is 1. The molecule has 28 heavy (non-hydrogen) atoms. The van der Waals surface area contributed by atoms with E-state index in [9.17, 15) is 0 Å². The van der Waals surface area contributed by atoms with Gasteiger partial charge in [-0.15, -0.1) is 0 Å². The molecule has 2 aliphatic rings. The number of hydrogen-bond donors (Lipinski definition) is 1. The summed E-state index contributed by atoms with van der Waals surface area (Å²) >= 11 is 0. The van der Waals surface area contributed by atoms with Gasteiger partial charge in [0, 0.05) is 42.5 Å². The fraction of sp³-hybridized carbons (Fsp3) is 0.273. The number of anilines is 3. The number of benzene rings is 2. The quantitative estimate of drug-likeness (QED) is 0.751. The highest BCUT2D eigenvalue weighted by Crippen LogP contribution is 2.35. The second-order valence-electron chi connectivity index (χ2n) is 7.14. The number of aromatic nitrogens is 2. The van der Waals surface area contributed by atoms with Gasteiger partial charge >= 0.3 is 0 Å². The molecule has 2 aromatic carbocycles. The fourth-order valence-corrected chi connectivity index (χ4v) is 3.75. The van der Waals surface area contributed by atoms with Gasteiger partial charge in [-0.2, -0.15) is 0 Å². The molecule has 0 amide bonds. The molecule has 3 heterocycles. The maximum Gasteiger partial charge on any atom is 0.163 e. The average molecular weight is 374 g/mol. The van der Waals surface area contributed by atoms with E-state index in [2.05, 4.69) is 51.4 Å². The molecule has 0 unspecified atom stereocenters. The Hall–Kier alpha value is -3.28. The normalized spacial score (nSPS) is 15.1. The summed E-state index contributed by atoms with van der Waals surface area (Å²) in [5.41, 5.74) is 5.68. The Bertz CT molecular complexity index is 1020. The third-order valence-corrected chi connectivity index (χ3v) is 5.17. The Kier molecular flexibility index (Phi) is 4.24. The summed E-state index contributed by atoms with van der Waals surface area (Å²) < 4.78 is 11.3. The lowest BCUT2D eigenvalue weighted by Gasteiger charge is -2.31. The summed E-state index contributed by atoms with van der Waals surface area (Å²) in [7, 11) is 0. The van der Waals surface area contributed by atoms with Crippen LogP contribution in [0.2, 0.25) is 0 Å². The van der Waals surface area contributed by atoms with Gasteiger partial charge in [-0.1, -0.05) is 12.1 Å². The molecule has 142 valence electrons. The minimum absolute atomic E-state index is 0.574. The number of aryl methyl sites for hydroxylation is 1. The average Bonchev–Trinajstić information content (AvgIpc) is 2.74. The molecule has 0 spiro atoms. The van der Waals surface area contributed by atoms with E-state index in [0.29, 0.717) is 13.2 Å². The van der Waals surface area contributed by atoms with Crippen LogP contribution in [0.5, 0.6) is 11.5 Å². The van der Waals surface area contributed by atoms with Gasteiger partial charge in [-0.3, -0.25) is 0 Å². The van der Waals surface area contributed by atoms with Crippen LogP contribution in [-0.4, -0.2) is 29.7 Å². The van der Waals surface area contributed by atoms with Crippen molar-refractivity contribution >= 4 is 17.2 Å². The third-order valence-electron chi connectivity index (χ3n) is 5.17. The second kappa shape index (κ2) is 7.03. The van der Waals surface area contributed by atoms with Crippen molar-refractivity contribution in [2.75, 3.05) is 30.0 Å². The molecular weight excluding hydrogens is 352 g/mol. The zero-order valence-electron chi connectivity index (χ0n) is 15.8. The van der Waals surface area contributed by atoms with E-state index >= 15 is 0 Å². The van der Waals surface area contributed by atoms with E-state index in [4.69, 9.17) is 9.47 Å². The van der Waals surface area contributed by atoms with Gasteiger partial charge in [0.05, 0.1) is 5.69 Å². The van der Waals surface area contributed by atoms with Crippen LogP contribution >= 0.6 is 0 Å². The maximum absolute atomic E-state index is 5.69. The zero-order valence-corrected chi connectivity index (χ0v) is 15.8. The molecule has 0 radical (unpaired) electrons. The predicted octanol–water partition coefficient (Wildman–Crippen LogP) is 3.86. The van der Waals surface area contributed by atoms with E-state index in [0.717, 1.165) is 53.8 Å². The van der Waals surface area contributed by atoms with Gasteiger partial charge in [-0.05, 0) is 36.8 Å². The molecule has 6 heteroatoms. The topological polar surface area (TPSA) is 59.5 Å². The molecule has 3 aromatic rings. The van der Waals surface area contributed by atoms with E-state index in [1.165, 1.54) is 11.3 Å². The molecule has 0 aliphatic carbocycles. The minimum Gasteiger partial charge on any atom is -0.486 e. The van der Waals surface area contributed by atoms with Crippen molar-refractivity contribution in [1.29, 1.82) is 0 Å². The van der Waals surface area contributed by atoms with E-state index in [-0.39, 0.29) is 0 Å². The second-order valence-corrected chi connectivity index (χ2v) is 7.14. The van der Waals surface area contributed by atoms with E-state index < -0.39 is 0 Å². The van der Waals surface area contributed by atoms with Crippen LogP contribution in [0, 0.1) is 6.92 Å². The van der Waals surface area contributed by atoms with Gasteiger partial charge < -0.3 is 19.7 Å². The van der Waals surface area contributed by atoms with Gasteiger partial charge in [0.15, 0.2) is 11.5 Å². The molecule has 6 nitrogen and oxygen atoms in total. The predicted molar refractivity (Wildman–Crippen MR) is 109 cm³/mol. The molecule has 5 rings (SSSR count). The number of fused-ring (bicyclic) bond motifs is 2. The van der Waals surface area contributed by atoms with Crippen molar-refractivity contribution in [3.8, 4) is 11.5 Å². The standard InChI is InChI=1S/C22H22N4O2/c1-15-3-2-4-17(11-15)26-8-7-19-18(13-26)22(24-14-23-19)25-16-5-6-20-21(12-16)28-10-9-27-20/h2-6,11-12,14H,7-10,13H2,1H3,(H,23,24,25). The summed E-state index contributed by atoms with van der Waals surface area (Å²) in [6.07, 6.45) is 2.54. The molecular formula is C22H22N4O2. The summed E-state index contributed by atoms with van der Waals surface area (Å²) in [5, 5.41) is 3.45. The van der Waals surface area contributed by atoms with E-state index in [1.54, 1.807) is 6.33 Å². The van der Waals surface area contributed by atoms with E-state index in [1.807, 2.05) is 18.2 Å².